The Morgan fingerprint density at radius 3 is 2.41 bits per heavy atom. The second kappa shape index (κ2) is 6.99. The molecule has 0 spiro atoms. The molecular formula is C12H18ClNO2S. The van der Waals surface area contributed by atoms with Crippen LogP contribution >= 0.6 is 11.6 Å². The molecule has 0 bridgehead atoms. The minimum atomic E-state index is -3.23. The first-order chi connectivity index (χ1) is 8.10. The van der Waals surface area contributed by atoms with Crippen LogP contribution in [0.15, 0.2) is 30.3 Å². The maximum absolute atomic E-state index is 12.0. The van der Waals surface area contributed by atoms with Gasteiger partial charge in [0.2, 0.25) is 10.0 Å². The van der Waals surface area contributed by atoms with Crippen LogP contribution in [0.1, 0.15) is 18.9 Å². The molecular weight excluding hydrogens is 258 g/mol. The number of hydrogen-bond acceptors (Lipinski definition) is 2. The van der Waals surface area contributed by atoms with Gasteiger partial charge in [-0.3, -0.25) is 0 Å². The van der Waals surface area contributed by atoms with E-state index in [0.717, 1.165) is 12.0 Å². The Morgan fingerprint density at radius 1 is 1.24 bits per heavy atom. The van der Waals surface area contributed by atoms with Crippen LogP contribution in [-0.4, -0.2) is 30.9 Å². The van der Waals surface area contributed by atoms with Crippen LogP contribution in [0.25, 0.3) is 0 Å². The minimum absolute atomic E-state index is 0.00138. The lowest BCUT2D eigenvalue weighted by Crippen LogP contribution is -2.33. The van der Waals surface area contributed by atoms with Gasteiger partial charge >= 0.3 is 0 Å². The predicted octanol–water partition coefficient (Wildman–Crippen LogP) is 2.47. The molecule has 0 amide bonds. The summed E-state index contributed by atoms with van der Waals surface area (Å²) in [5.74, 6) is 0.138. The predicted molar refractivity (Wildman–Crippen MR) is 71.6 cm³/mol. The number of rotatable bonds is 7. The smallest absolute Gasteiger partial charge is 0.212 e. The summed E-state index contributed by atoms with van der Waals surface area (Å²) in [5.41, 5.74) is 0.999. The number of hydrogen-bond donors (Lipinski definition) is 0. The molecule has 0 heterocycles. The van der Waals surface area contributed by atoms with Gasteiger partial charge in [0.15, 0.2) is 0 Å². The van der Waals surface area contributed by atoms with Gasteiger partial charge in [-0.05, 0) is 12.0 Å². The van der Waals surface area contributed by atoms with E-state index in [0.29, 0.717) is 13.1 Å². The first-order valence-electron chi connectivity index (χ1n) is 5.68. The quantitative estimate of drug-likeness (QED) is 0.717. The molecule has 0 aliphatic carbocycles. The number of sulfonamides is 1. The SMILES string of the molecule is CCCN(Cc1ccccc1)S(=O)(=O)CCCl. The number of benzene rings is 1. The molecule has 0 aliphatic heterocycles. The Morgan fingerprint density at radius 2 is 1.88 bits per heavy atom. The zero-order valence-electron chi connectivity index (χ0n) is 9.97. The lowest BCUT2D eigenvalue weighted by molar-refractivity contribution is 0.406. The first-order valence-corrected chi connectivity index (χ1v) is 7.82. The highest BCUT2D eigenvalue weighted by Crippen LogP contribution is 2.10. The Hall–Kier alpha value is -0.580. The summed E-state index contributed by atoms with van der Waals surface area (Å²) in [6, 6.07) is 9.60. The van der Waals surface area contributed by atoms with E-state index in [1.165, 1.54) is 4.31 Å². The van der Waals surface area contributed by atoms with Gasteiger partial charge in [-0.1, -0.05) is 37.3 Å². The molecule has 0 saturated heterocycles. The highest BCUT2D eigenvalue weighted by atomic mass is 35.5. The lowest BCUT2D eigenvalue weighted by Gasteiger charge is -2.21. The topological polar surface area (TPSA) is 37.4 Å². The van der Waals surface area contributed by atoms with Crippen LogP contribution < -0.4 is 0 Å². The van der Waals surface area contributed by atoms with Crippen molar-refractivity contribution in [2.24, 2.45) is 0 Å². The zero-order chi connectivity index (χ0) is 12.7. The van der Waals surface area contributed by atoms with Gasteiger partial charge in [0, 0.05) is 19.0 Å². The molecule has 1 aromatic carbocycles. The molecule has 0 N–H and O–H groups in total. The van der Waals surface area contributed by atoms with E-state index in [2.05, 4.69) is 0 Å². The maximum atomic E-state index is 12.0. The second-order valence-electron chi connectivity index (χ2n) is 3.82. The van der Waals surface area contributed by atoms with Crippen molar-refractivity contribution in [2.45, 2.75) is 19.9 Å². The third kappa shape index (κ3) is 4.66. The van der Waals surface area contributed by atoms with Gasteiger partial charge in [-0.2, -0.15) is 4.31 Å². The molecule has 0 unspecified atom stereocenters. The maximum Gasteiger partial charge on any atom is 0.215 e. The van der Waals surface area contributed by atoms with Crippen molar-refractivity contribution in [3.63, 3.8) is 0 Å². The minimum Gasteiger partial charge on any atom is -0.212 e. The van der Waals surface area contributed by atoms with Crippen molar-refractivity contribution in [1.29, 1.82) is 0 Å². The molecule has 0 aromatic heterocycles. The molecule has 0 aliphatic rings. The number of halogens is 1. The van der Waals surface area contributed by atoms with E-state index in [1.54, 1.807) is 0 Å². The molecule has 0 saturated carbocycles. The molecule has 0 radical (unpaired) electrons. The fourth-order valence-corrected chi connectivity index (χ4v) is 3.42. The van der Waals surface area contributed by atoms with Crippen LogP contribution in [0, 0.1) is 0 Å². The van der Waals surface area contributed by atoms with E-state index >= 15 is 0 Å². The van der Waals surface area contributed by atoms with E-state index < -0.39 is 10.0 Å². The van der Waals surface area contributed by atoms with E-state index in [1.807, 2.05) is 37.3 Å². The number of alkyl halides is 1. The van der Waals surface area contributed by atoms with Crippen LogP contribution in [-0.2, 0) is 16.6 Å². The van der Waals surface area contributed by atoms with Gasteiger partial charge in [-0.15, -0.1) is 11.6 Å². The molecule has 3 nitrogen and oxygen atoms in total. The highest BCUT2D eigenvalue weighted by Gasteiger charge is 2.20. The Kier molecular flexibility index (Phi) is 5.95. The van der Waals surface area contributed by atoms with Crippen LogP contribution in [0.4, 0.5) is 0 Å². The Balaban J connectivity index is 2.80. The summed E-state index contributed by atoms with van der Waals surface area (Å²) in [7, 11) is -3.23. The summed E-state index contributed by atoms with van der Waals surface area (Å²) in [5, 5.41) is 0. The second-order valence-corrected chi connectivity index (χ2v) is 6.29. The Bertz CT molecular complexity index is 419. The largest absolute Gasteiger partial charge is 0.215 e. The highest BCUT2D eigenvalue weighted by molar-refractivity contribution is 7.89. The molecule has 96 valence electrons. The van der Waals surface area contributed by atoms with Gasteiger partial charge < -0.3 is 0 Å². The number of nitrogens with zero attached hydrogens (tertiary/aromatic N) is 1. The van der Waals surface area contributed by atoms with E-state index in [9.17, 15) is 8.42 Å². The summed E-state index contributed by atoms with van der Waals surface area (Å²) in [4.78, 5) is 0. The molecule has 1 aromatic rings. The summed E-state index contributed by atoms with van der Waals surface area (Å²) >= 11 is 5.53. The van der Waals surface area contributed by atoms with Gasteiger partial charge in [0.05, 0.1) is 5.75 Å². The lowest BCUT2D eigenvalue weighted by atomic mass is 10.2. The molecule has 0 atom stereocenters. The van der Waals surface area contributed by atoms with Crippen LogP contribution in [0.2, 0.25) is 0 Å². The van der Waals surface area contributed by atoms with Gasteiger partial charge in [-0.25, -0.2) is 8.42 Å². The molecule has 0 fully saturated rings. The van der Waals surface area contributed by atoms with Crippen molar-refractivity contribution in [3.05, 3.63) is 35.9 Å². The van der Waals surface area contributed by atoms with Crippen molar-refractivity contribution < 1.29 is 8.42 Å². The van der Waals surface area contributed by atoms with Gasteiger partial charge in [0.1, 0.15) is 0 Å². The fourth-order valence-electron chi connectivity index (χ4n) is 1.58. The fraction of sp³-hybridized carbons (Fsp3) is 0.500. The normalized spacial score (nSPS) is 11.9. The monoisotopic (exact) mass is 275 g/mol. The summed E-state index contributed by atoms with van der Waals surface area (Å²) in [6.45, 7) is 2.93. The van der Waals surface area contributed by atoms with Crippen LogP contribution in [0.5, 0.6) is 0 Å². The average Bonchev–Trinajstić information content (AvgIpc) is 2.30. The third-order valence-electron chi connectivity index (χ3n) is 2.40. The first kappa shape index (κ1) is 14.5. The summed E-state index contributed by atoms with van der Waals surface area (Å²) in [6.07, 6.45) is 0.800. The Labute approximate surface area is 108 Å². The van der Waals surface area contributed by atoms with Crippen LogP contribution in [0.3, 0.4) is 0 Å². The van der Waals surface area contributed by atoms with Crippen molar-refractivity contribution >= 4 is 21.6 Å². The van der Waals surface area contributed by atoms with Crippen molar-refractivity contribution in [3.8, 4) is 0 Å². The molecule has 1 rings (SSSR count). The zero-order valence-corrected chi connectivity index (χ0v) is 11.5. The van der Waals surface area contributed by atoms with E-state index in [4.69, 9.17) is 11.6 Å². The average molecular weight is 276 g/mol. The van der Waals surface area contributed by atoms with Crippen molar-refractivity contribution in [1.82, 2.24) is 4.31 Å². The standard InChI is InChI=1S/C12H18ClNO2S/c1-2-9-14(17(15,16)10-8-13)11-12-6-4-3-5-7-12/h3-7H,2,8-11H2,1H3. The molecule has 5 heteroatoms. The third-order valence-corrected chi connectivity index (χ3v) is 4.63. The summed E-state index contributed by atoms with van der Waals surface area (Å²) < 4.78 is 25.4. The van der Waals surface area contributed by atoms with E-state index in [-0.39, 0.29) is 11.6 Å². The van der Waals surface area contributed by atoms with Gasteiger partial charge in [0.25, 0.3) is 0 Å². The van der Waals surface area contributed by atoms with Crippen molar-refractivity contribution in [2.75, 3.05) is 18.2 Å². The molecule has 17 heavy (non-hydrogen) atoms.